The molecule has 1 saturated heterocycles. The van der Waals surface area contributed by atoms with E-state index in [4.69, 9.17) is 14.5 Å². The standard InChI is InChI=1S/C57H70N8O6/c1-10-64-48-23-22-39-30-44(48)45(52(64)43-19-14-24-59-50(43)35(2)3)31-57(6,7)33-71-56(69)46-20-15-25-65(62-46)55(68)47(27-37-16-13-18-38(39)26-37)61-53(66)51(36(4)5)63(8)54(67)41-28-42(29-41)60-34-58-32-40-17-11-12-21-49(40)70-9/h11-14,16-19,21-24,26,30,35-36,41-42,46-47,51,62H,10,15,20,25,27-29,31-33H2,1-9H3,(H,61,66)/t41?,42?,46-,47-,51-/m0/s1. The number of aromatic nitrogens is 2. The maximum absolute atomic E-state index is 14.8. The van der Waals surface area contributed by atoms with Crippen LogP contribution >= 0.6 is 0 Å². The monoisotopic (exact) mass is 963 g/mol. The molecular weight excluding hydrogens is 893 g/mol. The minimum absolute atomic E-state index is 0.0982. The highest BCUT2D eigenvalue weighted by atomic mass is 16.5. The molecule has 5 aromatic rings. The number of hydrazine groups is 1. The molecule has 3 amide bonds. The van der Waals surface area contributed by atoms with E-state index >= 15 is 0 Å². The lowest BCUT2D eigenvalue weighted by molar-refractivity contribution is -0.155. The molecule has 14 heteroatoms. The quantitative estimate of drug-likeness (QED) is 0.0928. The number of carbonyl (C=O) groups is 4. The second-order valence-electron chi connectivity index (χ2n) is 20.9. The molecule has 374 valence electrons. The van der Waals surface area contributed by atoms with Crippen LogP contribution in [0, 0.1) is 17.3 Å². The second kappa shape index (κ2) is 21.8. The van der Waals surface area contributed by atoms with E-state index in [1.54, 1.807) is 14.2 Å². The minimum atomic E-state index is -1.02. The van der Waals surface area contributed by atoms with Gasteiger partial charge in [-0.25, -0.2) is 15.4 Å². The first-order valence-electron chi connectivity index (χ1n) is 25.3. The number of nitrogens with zero attached hydrogens (tertiary/aromatic N) is 6. The summed E-state index contributed by atoms with van der Waals surface area (Å²) in [5.41, 5.74) is 12.0. The van der Waals surface area contributed by atoms with Crippen molar-refractivity contribution in [2.75, 3.05) is 27.3 Å². The average Bonchev–Trinajstić information content (AvgIpc) is 3.65. The number of rotatable bonds is 12. The number of fused-ring (bicyclic) bond motifs is 6. The molecule has 3 aromatic carbocycles. The predicted molar refractivity (Wildman–Crippen MR) is 277 cm³/mol. The van der Waals surface area contributed by atoms with E-state index in [0.717, 1.165) is 62.4 Å². The van der Waals surface area contributed by atoms with Crippen LogP contribution in [-0.4, -0.2) is 101 Å². The van der Waals surface area contributed by atoms with E-state index < -0.39 is 35.4 Å². The van der Waals surface area contributed by atoms with Gasteiger partial charge in [0, 0.05) is 66.1 Å². The van der Waals surface area contributed by atoms with E-state index in [0.29, 0.717) is 45.2 Å². The lowest BCUT2D eigenvalue weighted by Crippen LogP contribution is -2.62. The fraction of sp³-hybridized carbons (Fsp3) is 0.474. The zero-order valence-electron chi connectivity index (χ0n) is 42.8. The Morgan fingerprint density at radius 1 is 1.01 bits per heavy atom. The van der Waals surface area contributed by atoms with Gasteiger partial charge < -0.3 is 24.3 Å². The first-order valence-corrected chi connectivity index (χ1v) is 25.3. The van der Waals surface area contributed by atoms with Gasteiger partial charge in [0.15, 0.2) is 0 Å². The highest BCUT2D eigenvalue weighted by molar-refractivity contribution is 5.96. The van der Waals surface area contributed by atoms with Crippen molar-refractivity contribution in [1.82, 2.24) is 30.2 Å². The largest absolute Gasteiger partial charge is 0.496 e. The van der Waals surface area contributed by atoms with Crippen LogP contribution in [0.2, 0.25) is 0 Å². The Labute approximate surface area is 418 Å². The van der Waals surface area contributed by atoms with E-state index in [-0.39, 0.29) is 48.6 Å². The molecule has 8 rings (SSSR count). The van der Waals surface area contributed by atoms with Gasteiger partial charge in [-0.1, -0.05) is 90.1 Å². The van der Waals surface area contributed by atoms with Crippen molar-refractivity contribution in [3.05, 3.63) is 107 Å². The molecule has 14 nitrogen and oxygen atoms in total. The minimum Gasteiger partial charge on any atom is -0.496 e. The highest BCUT2D eigenvalue weighted by Gasteiger charge is 2.42. The van der Waals surface area contributed by atoms with Crippen molar-refractivity contribution < 1.29 is 28.7 Å². The normalized spacial score (nSPS) is 20.6. The van der Waals surface area contributed by atoms with Crippen LogP contribution in [0.5, 0.6) is 5.75 Å². The maximum atomic E-state index is 14.8. The number of hydrogen-bond donors (Lipinski definition) is 2. The summed E-state index contributed by atoms with van der Waals surface area (Å²) < 4.78 is 13.9. The number of amides is 3. The smallest absolute Gasteiger partial charge is 0.324 e. The Bertz CT molecular complexity index is 2840. The Morgan fingerprint density at radius 2 is 1.79 bits per heavy atom. The van der Waals surface area contributed by atoms with Crippen LogP contribution in [0.25, 0.3) is 33.3 Å². The molecule has 0 radical (unpaired) electrons. The molecule has 2 fully saturated rings. The lowest BCUT2D eigenvalue weighted by atomic mass is 9.79. The molecular formula is C57H70N8O6. The highest BCUT2D eigenvalue weighted by Crippen LogP contribution is 2.42. The molecule has 1 aliphatic carbocycles. The molecule has 3 aliphatic rings. The number of pyridine rings is 1. The zero-order valence-corrected chi connectivity index (χ0v) is 42.8. The number of cyclic esters (lactones) is 1. The summed E-state index contributed by atoms with van der Waals surface area (Å²) in [7, 11) is 3.29. The molecule has 4 heterocycles. The molecule has 1 saturated carbocycles. The first-order chi connectivity index (χ1) is 34.1. The van der Waals surface area contributed by atoms with Gasteiger partial charge in [-0.3, -0.25) is 29.2 Å². The van der Waals surface area contributed by atoms with Crippen LogP contribution < -0.4 is 15.5 Å². The number of aryl methyl sites for hydroxylation is 1. The van der Waals surface area contributed by atoms with Crippen molar-refractivity contribution >= 4 is 40.6 Å². The van der Waals surface area contributed by atoms with Gasteiger partial charge in [0.05, 0.1) is 43.7 Å². The fourth-order valence-electron chi connectivity index (χ4n) is 10.6. The average molecular weight is 963 g/mol. The molecule has 0 unspecified atom stereocenters. The number of aliphatic imine (C=N–C) groups is 2. The number of hydrogen-bond acceptors (Lipinski definition) is 10. The van der Waals surface area contributed by atoms with Gasteiger partial charge in [0.25, 0.3) is 5.91 Å². The first kappa shape index (κ1) is 50.7. The van der Waals surface area contributed by atoms with E-state index in [1.165, 1.54) is 15.5 Å². The molecule has 2 N–H and O–H groups in total. The maximum Gasteiger partial charge on any atom is 0.324 e. The number of esters is 1. The van der Waals surface area contributed by atoms with Crippen molar-refractivity contribution in [3.63, 3.8) is 0 Å². The summed E-state index contributed by atoms with van der Waals surface area (Å²) in [6.07, 6.45) is 4.77. The number of benzene rings is 3. The van der Waals surface area contributed by atoms with Gasteiger partial charge in [0.2, 0.25) is 11.8 Å². The summed E-state index contributed by atoms with van der Waals surface area (Å²) in [4.78, 5) is 72.6. The number of carbonyl (C=O) groups excluding carboxylic acids is 4. The zero-order chi connectivity index (χ0) is 50.6. The lowest BCUT2D eigenvalue weighted by Gasteiger charge is -2.39. The number of nitrogens with one attached hydrogen (secondary N) is 2. The van der Waals surface area contributed by atoms with Crippen molar-refractivity contribution in [2.24, 2.45) is 27.2 Å². The SMILES string of the molecule is CCn1c(-c2cccnc2C(C)C)c2c3cc(ccc31)-c1cccc(c1)C[C@H](NC(=O)[C@H](C(C)C)N(C)C(=O)C1CC(N=C=NCc3ccccc3OC)C1)C(=O)N1CCC[C@H](N1)C(=O)OCC(C)(C)C2. The predicted octanol–water partition coefficient (Wildman–Crippen LogP) is 8.81. The van der Waals surface area contributed by atoms with Crippen molar-refractivity contribution in [1.29, 1.82) is 0 Å². The number of methoxy groups -OCH3 is 1. The van der Waals surface area contributed by atoms with E-state index in [1.807, 2.05) is 62.5 Å². The third-order valence-electron chi connectivity index (χ3n) is 14.3. The van der Waals surface area contributed by atoms with Gasteiger partial charge in [-0.15, -0.1) is 0 Å². The molecule has 2 aromatic heterocycles. The summed E-state index contributed by atoms with van der Waals surface area (Å²) in [5.74, 6) is -1.01. The number of ether oxygens (including phenoxy) is 2. The summed E-state index contributed by atoms with van der Waals surface area (Å²) in [5, 5.41) is 5.69. The molecule has 6 bridgehead atoms. The molecule has 71 heavy (non-hydrogen) atoms. The molecule has 2 aliphatic heterocycles. The van der Waals surface area contributed by atoms with E-state index in [9.17, 15) is 19.2 Å². The summed E-state index contributed by atoms with van der Waals surface area (Å²) in [6.45, 7) is 16.2. The van der Waals surface area contributed by atoms with Crippen LogP contribution in [0.4, 0.5) is 0 Å². The third-order valence-corrected chi connectivity index (χ3v) is 14.3. The van der Waals surface area contributed by atoms with Crippen molar-refractivity contribution in [3.8, 4) is 28.1 Å². The Balaban J connectivity index is 1.08. The van der Waals surface area contributed by atoms with Crippen LogP contribution in [0.1, 0.15) is 102 Å². The Hall–Kier alpha value is -6.63. The number of para-hydroxylation sites is 1. The van der Waals surface area contributed by atoms with Crippen LogP contribution in [0.3, 0.4) is 0 Å². The van der Waals surface area contributed by atoms with Gasteiger partial charge in [0.1, 0.15) is 23.9 Å². The summed E-state index contributed by atoms with van der Waals surface area (Å²) >= 11 is 0. The number of likely N-dealkylation sites (N-methyl/N-ethyl adjacent to an activating group) is 1. The van der Waals surface area contributed by atoms with Gasteiger partial charge >= 0.3 is 5.97 Å². The van der Waals surface area contributed by atoms with Gasteiger partial charge in [-0.2, -0.15) is 0 Å². The fourth-order valence-corrected chi connectivity index (χ4v) is 10.6. The van der Waals surface area contributed by atoms with Crippen LogP contribution in [-0.2, 0) is 49.8 Å². The van der Waals surface area contributed by atoms with Crippen LogP contribution in [0.15, 0.2) is 95.0 Å². The van der Waals surface area contributed by atoms with E-state index in [2.05, 4.69) is 102 Å². The van der Waals surface area contributed by atoms with Crippen molar-refractivity contribution in [2.45, 2.75) is 130 Å². The molecule has 3 atom stereocenters. The molecule has 0 spiro atoms. The Kier molecular flexibility index (Phi) is 15.6. The topological polar surface area (TPSA) is 160 Å². The third kappa shape index (κ3) is 11.1. The van der Waals surface area contributed by atoms with Gasteiger partial charge in [-0.05, 0) is 103 Å². The summed E-state index contributed by atoms with van der Waals surface area (Å²) in [6, 6.07) is 26.6. The Morgan fingerprint density at radius 3 is 2.54 bits per heavy atom. The second-order valence-corrected chi connectivity index (χ2v) is 20.9.